The molecule has 1 rings (SSSR count). The lowest BCUT2D eigenvalue weighted by atomic mass is 10.1. The summed E-state index contributed by atoms with van der Waals surface area (Å²) < 4.78 is 0. The summed E-state index contributed by atoms with van der Waals surface area (Å²) in [6, 6.07) is 1.92. The first-order valence-corrected chi connectivity index (χ1v) is 3.54. The second-order valence-corrected chi connectivity index (χ2v) is 2.45. The molecular formula is C7H12N4. The Kier molecular flexibility index (Phi) is 2.95. The molecule has 0 aliphatic carbocycles. The van der Waals surface area contributed by atoms with Gasteiger partial charge in [0, 0.05) is 18.8 Å². The molecule has 0 aliphatic rings. The molecule has 1 heterocycles. The molecule has 0 amide bonds. The van der Waals surface area contributed by atoms with E-state index in [9.17, 15) is 0 Å². The first kappa shape index (κ1) is 8.10. The smallest absolute Gasteiger partial charge is 0.0528 e. The molecule has 4 N–H and O–H groups in total. The minimum atomic E-state index is 0.0270. The normalized spacial score (nSPS) is 12.9. The van der Waals surface area contributed by atoms with Gasteiger partial charge in [-0.2, -0.15) is 10.2 Å². The molecule has 0 aliphatic heterocycles. The number of rotatable bonds is 3. The zero-order chi connectivity index (χ0) is 8.10. The van der Waals surface area contributed by atoms with Crippen LogP contribution >= 0.6 is 0 Å². The van der Waals surface area contributed by atoms with Gasteiger partial charge in [0.1, 0.15) is 0 Å². The third kappa shape index (κ3) is 2.61. The average molecular weight is 152 g/mol. The maximum absolute atomic E-state index is 5.63. The van der Waals surface area contributed by atoms with E-state index in [1.54, 1.807) is 12.4 Å². The van der Waals surface area contributed by atoms with E-state index in [2.05, 4.69) is 10.2 Å². The summed E-state index contributed by atoms with van der Waals surface area (Å²) in [5, 5.41) is 7.38. The van der Waals surface area contributed by atoms with E-state index in [0.717, 1.165) is 12.0 Å². The van der Waals surface area contributed by atoms with Crippen LogP contribution in [0.5, 0.6) is 0 Å². The molecule has 0 spiro atoms. The lowest BCUT2D eigenvalue weighted by Crippen LogP contribution is -2.31. The summed E-state index contributed by atoms with van der Waals surface area (Å²) in [5.41, 5.74) is 12.1. The summed E-state index contributed by atoms with van der Waals surface area (Å²) >= 11 is 0. The molecule has 60 valence electrons. The number of nitrogens with two attached hydrogens (primary N) is 2. The standard InChI is InChI=1S/C7H12N4/c8-4-7(9)3-6-1-2-10-11-5-6/h1-2,5,7H,3-4,8-9H2. The van der Waals surface area contributed by atoms with E-state index >= 15 is 0 Å². The molecule has 1 atom stereocenters. The van der Waals surface area contributed by atoms with E-state index in [0.29, 0.717) is 6.54 Å². The van der Waals surface area contributed by atoms with Crippen LogP contribution < -0.4 is 11.5 Å². The third-order valence-electron chi connectivity index (χ3n) is 1.45. The Labute approximate surface area is 65.6 Å². The van der Waals surface area contributed by atoms with Crippen LogP contribution in [0.25, 0.3) is 0 Å². The first-order valence-electron chi connectivity index (χ1n) is 3.54. The highest BCUT2D eigenvalue weighted by molar-refractivity contribution is 5.06. The van der Waals surface area contributed by atoms with Crippen LogP contribution in [0.4, 0.5) is 0 Å². The van der Waals surface area contributed by atoms with Crippen molar-refractivity contribution in [2.24, 2.45) is 11.5 Å². The van der Waals surface area contributed by atoms with Gasteiger partial charge in [0.05, 0.1) is 6.20 Å². The molecule has 4 nitrogen and oxygen atoms in total. The minimum absolute atomic E-state index is 0.0270. The van der Waals surface area contributed by atoms with Crippen LogP contribution in [-0.2, 0) is 6.42 Å². The van der Waals surface area contributed by atoms with Gasteiger partial charge in [-0.3, -0.25) is 0 Å². The molecule has 0 saturated carbocycles. The van der Waals surface area contributed by atoms with Gasteiger partial charge in [-0.15, -0.1) is 0 Å². The second-order valence-electron chi connectivity index (χ2n) is 2.45. The molecule has 0 radical (unpaired) electrons. The molecule has 1 unspecified atom stereocenters. The van der Waals surface area contributed by atoms with Gasteiger partial charge < -0.3 is 11.5 Å². The maximum Gasteiger partial charge on any atom is 0.0528 e. The highest BCUT2D eigenvalue weighted by Crippen LogP contribution is 1.96. The lowest BCUT2D eigenvalue weighted by molar-refractivity contribution is 0.675. The fraction of sp³-hybridized carbons (Fsp3) is 0.429. The van der Waals surface area contributed by atoms with E-state index in [1.165, 1.54) is 0 Å². The Hall–Kier alpha value is -1.00. The molecule has 0 fully saturated rings. The van der Waals surface area contributed by atoms with Gasteiger partial charge in [0.2, 0.25) is 0 Å². The maximum atomic E-state index is 5.63. The minimum Gasteiger partial charge on any atom is -0.329 e. The van der Waals surface area contributed by atoms with Gasteiger partial charge in [0.25, 0.3) is 0 Å². The van der Waals surface area contributed by atoms with E-state index in [-0.39, 0.29) is 6.04 Å². The lowest BCUT2D eigenvalue weighted by Gasteiger charge is -2.06. The van der Waals surface area contributed by atoms with Crippen molar-refractivity contribution in [3.8, 4) is 0 Å². The Morgan fingerprint density at radius 3 is 2.82 bits per heavy atom. The zero-order valence-electron chi connectivity index (χ0n) is 6.27. The van der Waals surface area contributed by atoms with Gasteiger partial charge in [0.15, 0.2) is 0 Å². The van der Waals surface area contributed by atoms with Gasteiger partial charge >= 0.3 is 0 Å². The SMILES string of the molecule is NCC(N)Cc1ccnnc1. The number of aromatic nitrogens is 2. The van der Waals surface area contributed by atoms with Crippen molar-refractivity contribution in [1.29, 1.82) is 0 Å². The van der Waals surface area contributed by atoms with Crippen molar-refractivity contribution < 1.29 is 0 Å². The van der Waals surface area contributed by atoms with Gasteiger partial charge in [-0.05, 0) is 18.1 Å². The van der Waals surface area contributed by atoms with E-state index in [1.807, 2.05) is 6.07 Å². The molecule has 0 saturated heterocycles. The Balaban J connectivity index is 2.51. The predicted molar refractivity (Wildman–Crippen MR) is 42.8 cm³/mol. The Bertz CT molecular complexity index is 199. The summed E-state index contributed by atoms with van der Waals surface area (Å²) in [6.45, 7) is 0.502. The summed E-state index contributed by atoms with van der Waals surface area (Å²) in [6.07, 6.45) is 4.13. The highest BCUT2D eigenvalue weighted by Gasteiger charge is 2.00. The Morgan fingerprint density at radius 1 is 1.45 bits per heavy atom. The quantitative estimate of drug-likeness (QED) is 0.600. The highest BCUT2D eigenvalue weighted by atomic mass is 15.1. The monoisotopic (exact) mass is 152 g/mol. The van der Waals surface area contributed by atoms with E-state index in [4.69, 9.17) is 11.5 Å². The zero-order valence-corrected chi connectivity index (χ0v) is 6.27. The first-order chi connectivity index (χ1) is 5.33. The van der Waals surface area contributed by atoms with Crippen molar-refractivity contribution in [2.45, 2.75) is 12.5 Å². The number of hydrogen-bond donors (Lipinski definition) is 2. The molecular weight excluding hydrogens is 140 g/mol. The topological polar surface area (TPSA) is 77.8 Å². The molecule has 1 aromatic heterocycles. The van der Waals surface area contributed by atoms with Crippen LogP contribution in [0.15, 0.2) is 18.5 Å². The molecule has 1 aromatic rings. The summed E-state index contributed by atoms with van der Waals surface area (Å²) in [4.78, 5) is 0. The molecule has 0 aromatic carbocycles. The van der Waals surface area contributed by atoms with Gasteiger partial charge in [-0.25, -0.2) is 0 Å². The Morgan fingerprint density at radius 2 is 2.27 bits per heavy atom. The van der Waals surface area contributed by atoms with Crippen LogP contribution in [0.3, 0.4) is 0 Å². The van der Waals surface area contributed by atoms with Gasteiger partial charge in [-0.1, -0.05) is 0 Å². The van der Waals surface area contributed by atoms with Crippen LogP contribution in [-0.4, -0.2) is 22.8 Å². The predicted octanol–water partition coefficient (Wildman–Crippen LogP) is -0.695. The van der Waals surface area contributed by atoms with Crippen molar-refractivity contribution >= 4 is 0 Å². The van der Waals surface area contributed by atoms with Crippen LogP contribution in [0.1, 0.15) is 5.56 Å². The molecule has 4 heteroatoms. The summed E-state index contributed by atoms with van der Waals surface area (Å²) in [5.74, 6) is 0. The van der Waals surface area contributed by atoms with Crippen molar-refractivity contribution in [1.82, 2.24) is 10.2 Å². The van der Waals surface area contributed by atoms with Crippen molar-refractivity contribution in [2.75, 3.05) is 6.54 Å². The largest absolute Gasteiger partial charge is 0.329 e. The number of hydrogen-bond acceptors (Lipinski definition) is 4. The average Bonchev–Trinajstić information content (AvgIpc) is 2.06. The summed E-state index contributed by atoms with van der Waals surface area (Å²) in [7, 11) is 0. The fourth-order valence-electron chi connectivity index (χ4n) is 0.825. The number of nitrogens with zero attached hydrogens (tertiary/aromatic N) is 2. The third-order valence-corrected chi connectivity index (χ3v) is 1.45. The van der Waals surface area contributed by atoms with Crippen LogP contribution in [0.2, 0.25) is 0 Å². The fourth-order valence-corrected chi connectivity index (χ4v) is 0.825. The molecule has 0 bridgehead atoms. The molecule has 11 heavy (non-hydrogen) atoms. The van der Waals surface area contributed by atoms with E-state index < -0.39 is 0 Å². The van der Waals surface area contributed by atoms with Crippen molar-refractivity contribution in [3.05, 3.63) is 24.0 Å². The second kappa shape index (κ2) is 4.00. The van der Waals surface area contributed by atoms with Crippen molar-refractivity contribution in [3.63, 3.8) is 0 Å². The van der Waals surface area contributed by atoms with Crippen LogP contribution in [0, 0.1) is 0 Å².